The lowest BCUT2D eigenvalue weighted by Crippen LogP contribution is -2.37. The number of hydrogen-bond acceptors (Lipinski definition) is 7. The first-order valence-electron chi connectivity index (χ1n) is 21.2. The minimum atomic E-state index is -5.98. The Kier molecular flexibility index (Phi) is 11.8. The first kappa shape index (κ1) is 46.9. The summed E-state index contributed by atoms with van der Waals surface area (Å²) in [6.45, 7) is 8.27. The first-order valence-corrected chi connectivity index (χ1v) is 25.9. The second-order valence-electron chi connectivity index (χ2n) is 17.8. The number of anilines is 1. The smallest absolute Gasteiger partial charge is 0.344 e. The van der Waals surface area contributed by atoms with Crippen molar-refractivity contribution >= 4 is 80.0 Å². The van der Waals surface area contributed by atoms with E-state index < -0.39 is 58.1 Å². The summed E-state index contributed by atoms with van der Waals surface area (Å²) in [4.78, 5) is 1.93. The Bertz CT molecular complexity index is 3350. The van der Waals surface area contributed by atoms with Crippen molar-refractivity contribution in [2.75, 3.05) is 36.5 Å². The summed E-state index contributed by atoms with van der Waals surface area (Å²) >= 11 is 0. The van der Waals surface area contributed by atoms with Gasteiger partial charge in [0.15, 0.2) is 5.71 Å². The van der Waals surface area contributed by atoms with E-state index >= 15 is 0 Å². The Labute approximate surface area is 383 Å². The topological polar surface area (TPSA) is 152 Å². The molecule has 0 atom stereocenters. The van der Waals surface area contributed by atoms with E-state index in [2.05, 4.69) is 0 Å². The van der Waals surface area contributed by atoms with Crippen LogP contribution in [0.15, 0.2) is 133 Å². The van der Waals surface area contributed by atoms with Gasteiger partial charge in [0.25, 0.3) is 20.2 Å². The quantitative estimate of drug-likeness (QED) is 0.0868. The summed E-state index contributed by atoms with van der Waals surface area (Å²) in [6.07, 6.45) is 6.78. The molecule has 11 nitrogen and oxygen atoms in total. The maximum Gasteiger partial charge on any atom is 0.516 e. The van der Waals surface area contributed by atoms with Crippen molar-refractivity contribution in [1.82, 2.24) is 4.31 Å². The molecule has 0 saturated heterocycles. The molecule has 0 unspecified atom stereocenters. The van der Waals surface area contributed by atoms with E-state index in [1.807, 2.05) is 110 Å². The second kappa shape index (κ2) is 16.6. The molecule has 0 saturated carbocycles. The van der Waals surface area contributed by atoms with Crippen LogP contribution in [-0.4, -0.2) is 86.1 Å². The molecule has 0 bridgehead atoms. The summed E-state index contributed by atoms with van der Waals surface area (Å²) in [6, 6.07) is 30.2. The lowest BCUT2D eigenvalue weighted by atomic mass is 9.79. The molecule has 2 aliphatic heterocycles. The molecule has 3 aliphatic rings. The number of alkyl halides is 3. The summed E-state index contributed by atoms with van der Waals surface area (Å²) < 4.78 is 140. The van der Waals surface area contributed by atoms with E-state index in [9.17, 15) is 47.5 Å². The highest BCUT2D eigenvalue weighted by atomic mass is 32.2. The average molecular weight is 961 g/mol. The van der Waals surface area contributed by atoms with Gasteiger partial charge in [-0.25, -0.2) is 0 Å². The highest BCUT2D eigenvalue weighted by Gasteiger charge is 2.51. The van der Waals surface area contributed by atoms with E-state index in [-0.39, 0.29) is 47.1 Å². The molecule has 2 N–H and O–H groups in total. The van der Waals surface area contributed by atoms with Crippen molar-refractivity contribution in [3.8, 4) is 0 Å². The largest absolute Gasteiger partial charge is 0.516 e. The normalized spacial score (nSPS) is 18.4. The van der Waals surface area contributed by atoms with Crippen LogP contribution in [0.1, 0.15) is 62.8 Å². The van der Waals surface area contributed by atoms with Gasteiger partial charge in [-0.2, -0.15) is 43.0 Å². The predicted octanol–water partition coefficient (Wildman–Crippen LogP) is 9.75. The third-order valence-corrected chi connectivity index (χ3v) is 16.0. The number of rotatable bonds is 13. The lowest BCUT2D eigenvalue weighted by molar-refractivity contribution is -0.437. The molecule has 346 valence electrons. The second-order valence-corrected chi connectivity index (χ2v) is 22.9. The number of nitrogens with zero attached hydrogens (tertiary/aromatic N) is 3. The van der Waals surface area contributed by atoms with Crippen LogP contribution in [0.4, 0.5) is 24.5 Å². The maximum atomic E-state index is 14.6. The Morgan fingerprint density at radius 1 is 0.682 bits per heavy atom. The zero-order chi connectivity index (χ0) is 47.8. The summed E-state index contributed by atoms with van der Waals surface area (Å²) in [7, 11) is -13.7. The van der Waals surface area contributed by atoms with Gasteiger partial charge in [0.05, 0.1) is 22.6 Å². The number of halogens is 3. The number of benzene rings is 5. The molecular formula is C49H49F3N3O8S3+. The molecule has 1 aliphatic carbocycles. The molecule has 66 heavy (non-hydrogen) atoms. The molecule has 17 heteroatoms. The zero-order valence-corrected chi connectivity index (χ0v) is 39.3. The number of allylic oxidation sites excluding steroid dienone is 7. The van der Waals surface area contributed by atoms with Gasteiger partial charge >= 0.3 is 15.5 Å². The Morgan fingerprint density at radius 3 is 1.86 bits per heavy atom. The molecule has 0 amide bonds. The van der Waals surface area contributed by atoms with Crippen LogP contribution in [0.25, 0.3) is 32.7 Å². The lowest BCUT2D eigenvalue weighted by Gasteiger charge is -2.27. The van der Waals surface area contributed by atoms with E-state index in [1.165, 1.54) is 0 Å². The van der Waals surface area contributed by atoms with Crippen LogP contribution < -0.4 is 4.90 Å². The molecule has 2 heterocycles. The zero-order valence-electron chi connectivity index (χ0n) is 36.8. The predicted molar refractivity (Wildman–Crippen MR) is 254 cm³/mol. The van der Waals surface area contributed by atoms with E-state index in [4.69, 9.17) is 0 Å². The van der Waals surface area contributed by atoms with Crippen molar-refractivity contribution in [3.05, 3.63) is 155 Å². The first-order chi connectivity index (χ1) is 30.8. The third kappa shape index (κ3) is 8.29. The Morgan fingerprint density at radius 2 is 1.24 bits per heavy atom. The molecule has 0 aromatic heterocycles. The Balaban J connectivity index is 1.34. The van der Waals surface area contributed by atoms with Gasteiger partial charge in [-0.05, 0) is 82.8 Å². The van der Waals surface area contributed by atoms with Crippen molar-refractivity contribution < 1.29 is 52.1 Å². The molecule has 5 aromatic carbocycles. The number of hydrogen-bond donors (Lipinski definition) is 2. The van der Waals surface area contributed by atoms with Crippen LogP contribution >= 0.6 is 0 Å². The molecule has 8 rings (SSSR count). The number of fused-ring (bicyclic) bond motifs is 7. The van der Waals surface area contributed by atoms with Crippen molar-refractivity contribution in [2.24, 2.45) is 0 Å². The highest BCUT2D eigenvalue weighted by Crippen LogP contribution is 2.52. The van der Waals surface area contributed by atoms with Crippen LogP contribution in [0.2, 0.25) is 0 Å². The Hall–Kier alpha value is -5.59. The minimum absolute atomic E-state index is 0.0479. The average Bonchev–Trinajstić information content (AvgIpc) is 3.75. The van der Waals surface area contributed by atoms with Crippen LogP contribution in [0, 0.1) is 0 Å². The maximum absolute atomic E-state index is 14.6. The standard InChI is InChI=1S/C49H48F3N3O8S3/c1-47(2)42(54(28-12-30-64(56,57)58)40-24-20-32-14-6-8-16-34(32)44(40)47)26-22-38-36-18-10-11-19-37(36)39(46(38)53(5)66(62,63)49(50,51)52)23-27-43-48(3,4)45-35-17-9-7-15-33(35)21-25-41(45)55(43)29-13-31-65(59,60)61/h6-11,14-27H,12-13,28-31H2,1-5H3,(H-,56,57,58,59,60,61)/p+1. The molecule has 0 radical (unpaired) electrons. The third-order valence-electron chi connectivity index (χ3n) is 12.9. The molecule has 5 aromatic rings. The van der Waals surface area contributed by atoms with E-state index in [1.54, 1.807) is 48.6 Å². The van der Waals surface area contributed by atoms with Crippen molar-refractivity contribution in [2.45, 2.75) is 56.9 Å². The summed E-state index contributed by atoms with van der Waals surface area (Å²) in [5, 5.41) is 3.81. The highest BCUT2D eigenvalue weighted by molar-refractivity contribution is 7.90. The van der Waals surface area contributed by atoms with Gasteiger partial charge in [0, 0.05) is 65.7 Å². The van der Waals surface area contributed by atoms with Gasteiger partial charge < -0.3 is 4.90 Å². The fourth-order valence-corrected chi connectivity index (χ4v) is 11.7. The van der Waals surface area contributed by atoms with Crippen molar-refractivity contribution in [1.29, 1.82) is 0 Å². The molecule has 0 fully saturated rings. The van der Waals surface area contributed by atoms with Crippen molar-refractivity contribution in [3.63, 3.8) is 0 Å². The molecular weight excluding hydrogens is 912 g/mol. The van der Waals surface area contributed by atoms with Gasteiger partial charge in [0.2, 0.25) is 5.69 Å². The van der Waals surface area contributed by atoms with Gasteiger partial charge in [-0.15, -0.1) is 0 Å². The van der Waals surface area contributed by atoms with E-state index in [0.29, 0.717) is 22.5 Å². The van der Waals surface area contributed by atoms with Gasteiger partial charge in [-0.3, -0.25) is 13.4 Å². The summed E-state index contributed by atoms with van der Waals surface area (Å²) in [5.74, 6) is -1.02. The summed E-state index contributed by atoms with van der Waals surface area (Å²) in [5.41, 5.74) is -1.40. The fraction of sp³-hybridized carbons (Fsp3) is 0.286. The van der Waals surface area contributed by atoms with Crippen LogP contribution in [0.5, 0.6) is 0 Å². The number of likely N-dealkylation sites (N-methyl/N-ethyl adjacent to an activating group) is 1. The monoisotopic (exact) mass is 960 g/mol. The fourth-order valence-electron chi connectivity index (χ4n) is 9.99. The van der Waals surface area contributed by atoms with Gasteiger partial charge in [-0.1, -0.05) is 98.8 Å². The number of sulfonamides is 1. The van der Waals surface area contributed by atoms with Gasteiger partial charge in [0.1, 0.15) is 6.54 Å². The van der Waals surface area contributed by atoms with Crippen LogP contribution in [0.3, 0.4) is 0 Å². The minimum Gasteiger partial charge on any atom is -0.344 e. The van der Waals surface area contributed by atoms with Crippen LogP contribution in [-0.2, 0) is 41.1 Å². The SMILES string of the molecule is CN(C1=C(/C=C/C2=[N+](CCCS(=O)(=O)O)c3ccc4ccccc4c3C2(C)C)c2ccccc2/C1=C\C=C1\N(CCCS(=O)(=O)O)c2ccc3ccccc3c2C1(C)C)S(=O)(=O)C(F)(F)F. The van der Waals surface area contributed by atoms with E-state index in [0.717, 1.165) is 51.1 Å². The molecule has 0 spiro atoms.